The van der Waals surface area contributed by atoms with Crippen molar-refractivity contribution in [1.29, 1.82) is 0 Å². The number of ether oxygens (including phenoxy) is 1. The number of benzene rings is 4. The minimum absolute atomic E-state index is 0.00790. The summed E-state index contributed by atoms with van der Waals surface area (Å²) in [5.74, 6) is -0.624. The van der Waals surface area contributed by atoms with Gasteiger partial charge in [0.05, 0.1) is 17.9 Å². The molecule has 0 fully saturated rings. The molecule has 5 heteroatoms. The molecule has 6 rings (SSSR count). The Balaban J connectivity index is 1.57. The molecule has 1 atom stereocenters. The second kappa shape index (κ2) is 10.9. The highest BCUT2D eigenvalue weighted by atomic mass is 16.5. The Hall–Kier alpha value is -5.16. The van der Waals surface area contributed by atoms with Gasteiger partial charge in [0.1, 0.15) is 6.10 Å². The zero-order valence-electron chi connectivity index (χ0n) is 21.9. The number of carbonyl (C=O) groups excluding carboxylic acids is 2. The lowest BCUT2D eigenvalue weighted by Gasteiger charge is -2.27. The average molecular weight is 526 g/mol. The summed E-state index contributed by atoms with van der Waals surface area (Å²) in [5, 5.41) is 0. The third-order valence-corrected chi connectivity index (χ3v) is 7.05. The largest absolute Gasteiger partial charge is 0.475 e. The fourth-order valence-electron chi connectivity index (χ4n) is 5.10. The SMILES string of the molecule is Cc1ccc(C2C(C(=O)c3ccco3)=C(OC(c3ccccc3)c3ccccc3)C(=O)N2c2ccccc2)cc1. The third-order valence-electron chi connectivity index (χ3n) is 7.05. The van der Waals surface area contributed by atoms with Crippen LogP contribution in [-0.4, -0.2) is 11.7 Å². The van der Waals surface area contributed by atoms with Gasteiger partial charge in [0.25, 0.3) is 5.91 Å². The number of para-hydroxylation sites is 1. The summed E-state index contributed by atoms with van der Waals surface area (Å²) in [6, 6.07) is 39.2. The van der Waals surface area contributed by atoms with E-state index in [9.17, 15) is 9.59 Å². The number of Topliss-reactive ketones (excluding diaryl/α,β-unsaturated/α-hetero) is 1. The van der Waals surface area contributed by atoms with Crippen molar-refractivity contribution in [1.82, 2.24) is 0 Å². The molecule has 1 aromatic heterocycles. The Labute approximate surface area is 233 Å². The smallest absolute Gasteiger partial charge is 0.294 e. The van der Waals surface area contributed by atoms with E-state index in [2.05, 4.69) is 0 Å². The quantitative estimate of drug-likeness (QED) is 0.196. The predicted octanol–water partition coefficient (Wildman–Crippen LogP) is 7.62. The van der Waals surface area contributed by atoms with Gasteiger partial charge in [-0.1, -0.05) is 109 Å². The van der Waals surface area contributed by atoms with Gasteiger partial charge in [-0.05, 0) is 47.9 Å². The number of aryl methyl sites for hydroxylation is 1. The fourth-order valence-corrected chi connectivity index (χ4v) is 5.10. The first-order valence-corrected chi connectivity index (χ1v) is 13.2. The Bertz CT molecular complexity index is 1600. The zero-order chi connectivity index (χ0) is 27.5. The molecule has 196 valence electrons. The Morgan fingerprint density at radius 2 is 1.32 bits per heavy atom. The summed E-state index contributed by atoms with van der Waals surface area (Å²) in [6.45, 7) is 2.00. The third kappa shape index (κ3) is 4.74. The number of furan rings is 1. The maximum Gasteiger partial charge on any atom is 0.294 e. The van der Waals surface area contributed by atoms with Crippen LogP contribution in [0.2, 0.25) is 0 Å². The number of ketones is 1. The molecule has 0 saturated carbocycles. The number of hydrogen-bond acceptors (Lipinski definition) is 4. The number of hydrogen-bond donors (Lipinski definition) is 0. The lowest BCUT2D eigenvalue weighted by Crippen LogP contribution is -2.31. The summed E-state index contributed by atoms with van der Waals surface area (Å²) in [7, 11) is 0. The number of amides is 1. The molecule has 2 heterocycles. The van der Waals surface area contributed by atoms with Gasteiger partial charge < -0.3 is 9.15 Å². The van der Waals surface area contributed by atoms with Gasteiger partial charge in [0.15, 0.2) is 11.5 Å². The van der Waals surface area contributed by atoms with Crippen LogP contribution in [0.15, 0.2) is 149 Å². The van der Waals surface area contributed by atoms with Crippen molar-refractivity contribution in [3.05, 3.63) is 173 Å². The minimum Gasteiger partial charge on any atom is -0.475 e. The first kappa shape index (κ1) is 25.1. The standard InChI is InChI=1S/C35H27NO4/c1-24-19-21-25(22-20-24)31-30(32(37)29-18-11-23-39-29)34(35(38)36(31)28-16-9-4-10-17-28)40-33(26-12-5-2-6-13-26)27-14-7-3-8-15-27/h2-23,31,33H,1H3. The van der Waals surface area contributed by atoms with Crippen molar-refractivity contribution in [2.24, 2.45) is 0 Å². The Morgan fingerprint density at radius 3 is 1.88 bits per heavy atom. The van der Waals surface area contributed by atoms with Crippen LogP contribution in [-0.2, 0) is 9.53 Å². The molecule has 5 aromatic rings. The lowest BCUT2D eigenvalue weighted by molar-refractivity contribution is -0.118. The maximum absolute atomic E-state index is 14.4. The summed E-state index contributed by atoms with van der Waals surface area (Å²) in [4.78, 5) is 30.2. The highest BCUT2D eigenvalue weighted by molar-refractivity contribution is 6.20. The van der Waals surface area contributed by atoms with E-state index in [1.165, 1.54) is 6.26 Å². The molecule has 1 amide bonds. The van der Waals surface area contributed by atoms with Crippen LogP contribution < -0.4 is 4.90 Å². The van der Waals surface area contributed by atoms with E-state index in [1.54, 1.807) is 17.0 Å². The van der Waals surface area contributed by atoms with E-state index >= 15 is 0 Å². The van der Waals surface area contributed by atoms with Gasteiger partial charge in [-0.15, -0.1) is 0 Å². The van der Waals surface area contributed by atoms with Crippen molar-refractivity contribution in [2.75, 3.05) is 4.90 Å². The number of nitrogens with zero attached hydrogens (tertiary/aromatic N) is 1. The molecule has 40 heavy (non-hydrogen) atoms. The number of carbonyl (C=O) groups is 2. The molecule has 0 spiro atoms. The molecule has 0 saturated heterocycles. The Morgan fingerprint density at radius 1 is 0.750 bits per heavy atom. The molecular weight excluding hydrogens is 498 g/mol. The monoisotopic (exact) mass is 525 g/mol. The molecule has 1 aliphatic heterocycles. The van der Waals surface area contributed by atoms with E-state index in [0.29, 0.717) is 5.69 Å². The van der Waals surface area contributed by atoms with Crippen molar-refractivity contribution in [3.8, 4) is 0 Å². The van der Waals surface area contributed by atoms with Crippen molar-refractivity contribution >= 4 is 17.4 Å². The predicted molar refractivity (Wildman–Crippen MR) is 154 cm³/mol. The zero-order valence-corrected chi connectivity index (χ0v) is 21.9. The van der Waals surface area contributed by atoms with Crippen molar-refractivity contribution in [2.45, 2.75) is 19.1 Å². The summed E-state index contributed by atoms with van der Waals surface area (Å²) < 4.78 is 12.2. The van der Waals surface area contributed by atoms with Gasteiger partial charge >= 0.3 is 0 Å². The van der Waals surface area contributed by atoms with Crippen LogP contribution in [0, 0.1) is 6.92 Å². The van der Waals surface area contributed by atoms with Crippen LogP contribution in [0.25, 0.3) is 0 Å². The summed E-state index contributed by atoms with van der Waals surface area (Å²) in [5.41, 5.74) is 4.51. The van der Waals surface area contributed by atoms with E-state index in [1.807, 2.05) is 122 Å². The van der Waals surface area contributed by atoms with E-state index in [-0.39, 0.29) is 23.0 Å². The normalized spacial score (nSPS) is 15.1. The molecule has 0 radical (unpaired) electrons. The van der Waals surface area contributed by atoms with Gasteiger partial charge in [0.2, 0.25) is 5.78 Å². The minimum atomic E-state index is -0.713. The first-order chi connectivity index (χ1) is 19.6. The van der Waals surface area contributed by atoms with E-state index < -0.39 is 17.9 Å². The van der Waals surface area contributed by atoms with Crippen LogP contribution in [0.1, 0.15) is 45.0 Å². The van der Waals surface area contributed by atoms with Crippen molar-refractivity contribution < 1.29 is 18.7 Å². The molecule has 4 aromatic carbocycles. The molecule has 1 aliphatic rings. The second-order valence-corrected chi connectivity index (χ2v) is 9.69. The summed E-state index contributed by atoms with van der Waals surface area (Å²) >= 11 is 0. The topological polar surface area (TPSA) is 59.8 Å². The van der Waals surface area contributed by atoms with Crippen LogP contribution in [0.3, 0.4) is 0 Å². The maximum atomic E-state index is 14.4. The van der Waals surface area contributed by atoms with Gasteiger partial charge in [-0.25, -0.2) is 0 Å². The highest BCUT2D eigenvalue weighted by Gasteiger charge is 2.47. The number of rotatable bonds is 8. The van der Waals surface area contributed by atoms with E-state index in [0.717, 1.165) is 22.3 Å². The molecular formula is C35H27NO4. The van der Waals surface area contributed by atoms with Crippen molar-refractivity contribution in [3.63, 3.8) is 0 Å². The average Bonchev–Trinajstić information content (AvgIpc) is 3.64. The van der Waals surface area contributed by atoms with Gasteiger partial charge in [0, 0.05) is 5.69 Å². The molecule has 0 bridgehead atoms. The highest BCUT2D eigenvalue weighted by Crippen LogP contribution is 2.45. The molecule has 1 unspecified atom stereocenters. The van der Waals surface area contributed by atoms with Crippen LogP contribution in [0.5, 0.6) is 0 Å². The Kier molecular flexibility index (Phi) is 6.86. The van der Waals surface area contributed by atoms with E-state index in [4.69, 9.17) is 9.15 Å². The molecule has 0 aliphatic carbocycles. The van der Waals surface area contributed by atoms with Crippen LogP contribution in [0.4, 0.5) is 5.69 Å². The molecule has 0 N–H and O–H groups in total. The molecule has 5 nitrogen and oxygen atoms in total. The second-order valence-electron chi connectivity index (χ2n) is 9.69. The number of anilines is 1. The fraction of sp³-hybridized carbons (Fsp3) is 0.0857. The summed E-state index contributed by atoms with van der Waals surface area (Å²) in [6.07, 6.45) is 0.840. The van der Waals surface area contributed by atoms with Crippen LogP contribution >= 0.6 is 0 Å². The lowest BCUT2D eigenvalue weighted by atomic mass is 9.94. The first-order valence-electron chi connectivity index (χ1n) is 13.2. The van der Waals surface area contributed by atoms with Gasteiger partial charge in [-0.2, -0.15) is 0 Å². The van der Waals surface area contributed by atoms with Gasteiger partial charge in [-0.3, -0.25) is 14.5 Å².